The van der Waals surface area contributed by atoms with Crippen LogP contribution in [0.25, 0.3) is 0 Å². The predicted molar refractivity (Wildman–Crippen MR) is 89.2 cm³/mol. The summed E-state index contributed by atoms with van der Waals surface area (Å²) in [7, 11) is -3.54. The van der Waals surface area contributed by atoms with E-state index >= 15 is 0 Å². The molecule has 3 heterocycles. The van der Waals surface area contributed by atoms with Gasteiger partial charge in [0.1, 0.15) is 0 Å². The molecular weight excluding hydrogens is 332 g/mol. The van der Waals surface area contributed by atoms with Gasteiger partial charge in [-0.25, -0.2) is 13.1 Å². The van der Waals surface area contributed by atoms with Crippen LogP contribution in [-0.2, 0) is 34.2 Å². The fourth-order valence-electron chi connectivity index (χ4n) is 3.24. The minimum Gasteiger partial charge on any atom is -0.312 e. The van der Waals surface area contributed by atoms with Crippen molar-refractivity contribution in [3.05, 3.63) is 45.6 Å². The number of carbonyl (C=O) groups excluding carboxylic acids is 1. The number of anilines is 1. The van der Waals surface area contributed by atoms with E-state index in [1.54, 1.807) is 17.0 Å². The van der Waals surface area contributed by atoms with Crippen LogP contribution in [0, 0.1) is 0 Å². The molecule has 23 heavy (non-hydrogen) atoms. The number of sulfonamides is 1. The van der Waals surface area contributed by atoms with Gasteiger partial charge in [-0.1, -0.05) is 6.07 Å². The van der Waals surface area contributed by atoms with E-state index in [1.807, 2.05) is 17.5 Å². The SMILES string of the molecule is O=C1CCc2cc(S(=O)(=O)NCc3cccs3)cc3c2N1CC3. The molecule has 0 radical (unpaired) electrons. The second-order valence-electron chi connectivity index (χ2n) is 5.79. The molecule has 0 saturated heterocycles. The van der Waals surface area contributed by atoms with Gasteiger partial charge in [0.15, 0.2) is 0 Å². The second-order valence-corrected chi connectivity index (χ2v) is 8.59. The van der Waals surface area contributed by atoms with Gasteiger partial charge < -0.3 is 4.90 Å². The van der Waals surface area contributed by atoms with E-state index in [0.717, 1.165) is 28.1 Å². The average Bonchev–Trinajstić information content (AvgIpc) is 3.19. The van der Waals surface area contributed by atoms with Gasteiger partial charge in [-0.15, -0.1) is 11.3 Å². The second kappa shape index (κ2) is 5.43. The first-order valence-corrected chi connectivity index (χ1v) is 9.89. The monoisotopic (exact) mass is 348 g/mol. The summed E-state index contributed by atoms with van der Waals surface area (Å²) in [5.41, 5.74) is 2.88. The van der Waals surface area contributed by atoms with Crippen LogP contribution >= 0.6 is 11.3 Å². The molecule has 2 aliphatic heterocycles. The molecular formula is C16H16N2O3S2. The third-order valence-electron chi connectivity index (χ3n) is 4.35. The molecule has 0 aliphatic carbocycles. The Hall–Kier alpha value is -1.70. The van der Waals surface area contributed by atoms with E-state index in [4.69, 9.17) is 0 Å². The Morgan fingerprint density at radius 3 is 2.70 bits per heavy atom. The Labute approximate surface area is 139 Å². The Bertz CT molecular complexity index is 873. The lowest BCUT2D eigenvalue weighted by Crippen LogP contribution is -2.33. The summed E-state index contributed by atoms with van der Waals surface area (Å²) >= 11 is 1.53. The molecule has 1 amide bonds. The van der Waals surface area contributed by atoms with Crippen molar-refractivity contribution in [2.24, 2.45) is 0 Å². The lowest BCUT2D eigenvalue weighted by Gasteiger charge is -2.25. The highest BCUT2D eigenvalue weighted by atomic mass is 32.2. The number of amides is 1. The largest absolute Gasteiger partial charge is 0.312 e. The molecule has 0 unspecified atom stereocenters. The molecule has 1 aromatic carbocycles. The summed E-state index contributed by atoms with van der Waals surface area (Å²) in [6.45, 7) is 0.963. The molecule has 2 aromatic rings. The van der Waals surface area contributed by atoms with Gasteiger partial charge >= 0.3 is 0 Å². The number of carbonyl (C=O) groups is 1. The van der Waals surface area contributed by atoms with E-state index in [9.17, 15) is 13.2 Å². The fourth-order valence-corrected chi connectivity index (χ4v) is 5.09. The maximum Gasteiger partial charge on any atom is 0.240 e. The van der Waals surface area contributed by atoms with Crippen LogP contribution in [0.3, 0.4) is 0 Å². The maximum atomic E-state index is 12.6. The Balaban J connectivity index is 1.66. The van der Waals surface area contributed by atoms with Crippen LogP contribution in [0.4, 0.5) is 5.69 Å². The van der Waals surface area contributed by atoms with Gasteiger partial charge in [0.05, 0.1) is 10.6 Å². The zero-order chi connectivity index (χ0) is 16.0. The van der Waals surface area contributed by atoms with Crippen molar-refractivity contribution >= 4 is 33.0 Å². The van der Waals surface area contributed by atoms with E-state index in [0.29, 0.717) is 30.8 Å². The fraction of sp³-hybridized carbons (Fsp3) is 0.312. The number of nitrogens with zero attached hydrogens (tertiary/aromatic N) is 1. The van der Waals surface area contributed by atoms with E-state index in [2.05, 4.69) is 4.72 Å². The average molecular weight is 348 g/mol. The molecule has 120 valence electrons. The van der Waals surface area contributed by atoms with Crippen LogP contribution in [-0.4, -0.2) is 20.9 Å². The number of rotatable bonds is 4. The minimum atomic E-state index is -3.54. The van der Waals surface area contributed by atoms with Crippen molar-refractivity contribution < 1.29 is 13.2 Å². The molecule has 0 saturated carbocycles. The summed E-state index contributed by atoms with van der Waals surface area (Å²) in [6, 6.07) is 7.25. The number of aryl methyl sites for hydroxylation is 1. The van der Waals surface area contributed by atoms with Crippen LogP contribution < -0.4 is 9.62 Å². The van der Waals surface area contributed by atoms with Crippen molar-refractivity contribution in [1.82, 2.24) is 4.72 Å². The normalized spacial score (nSPS) is 16.7. The van der Waals surface area contributed by atoms with Gasteiger partial charge in [0.25, 0.3) is 0 Å². The van der Waals surface area contributed by atoms with Gasteiger partial charge in [0.2, 0.25) is 15.9 Å². The van der Waals surface area contributed by atoms with Crippen LogP contribution in [0.15, 0.2) is 34.5 Å². The van der Waals surface area contributed by atoms with Crippen molar-refractivity contribution in [1.29, 1.82) is 0 Å². The Morgan fingerprint density at radius 2 is 1.96 bits per heavy atom. The first kappa shape index (κ1) is 14.9. The third-order valence-corrected chi connectivity index (χ3v) is 6.61. The summed E-state index contributed by atoms with van der Waals surface area (Å²) in [5, 5.41) is 1.93. The molecule has 7 heteroatoms. The lowest BCUT2D eigenvalue weighted by atomic mass is 10.00. The first-order valence-electron chi connectivity index (χ1n) is 7.53. The molecule has 2 aliphatic rings. The highest BCUT2D eigenvalue weighted by Crippen LogP contribution is 2.38. The van der Waals surface area contributed by atoms with Crippen molar-refractivity contribution in [2.75, 3.05) is 11.4 Å². The van der Waals surface area contributed by atoms with Crippen molar-refractivity contribution in [3.63, 3.8) is 0 Å². The highest BCUT2D eigenvalue weighted by Gasteiger charge is 2.32. The van der Waals surface area contributed by atoms with Gasteiger partial charge in [-0.2, -0.15) is 0 Å². The van der Waals surface area contributed by atoms with Gasteiger partial charge in [-0.05, 0) is 47.5 Å². The Kier molecular flexibility index (Phi) is 3.51. The zero-order valence-corrected chi connectivity index (χ0v) is 14.0. The smallest absolute Gasteiger partial charge is 0.240 e. The van der Waals surface area contributed by atoms with Crippen LogP contribution in [0.2, 0.25) is 0 Å². The van der Waals surface area contributed by atoms with Crippen molar-refractivity contribution in [3.8, 4) is 0 Å². The maximum absolute atomic E-state index is 12.6. The summed E-state index contributed by atoms with van der Waals surface area (Å²) in [4.78, 5) is 15.0. The molecule has 0 bridgehead atoms. The molecule has 4 rings (SSSR count). The molecule has 1 aromatic heterocycles. The molecule has 5 nitrogen and oxygen atoms in total. The Morgan fingerprint density at radius 1 is 1.17 bits per heavy atom. The summed E-state index contributed by atoms with van der Waals surface area (Å²) in [5.74, 6) is 0.141. The predicted octanol–water partition coefficient (Wildman–Crippen LogP) is 2.06. The number of hydrogen-bond donors (Lipinski definition) is 1. The number of nitrogens with one attached hydrogen (secondary N) is 1. The third kappa shape index (κ3) is 2.58. The van der Waals surface area contributed by atoms with Crippen LogP contribution in [0.5, 0.6) is 0 Å². The number of hydrogen-bond acceptors (Lipinski definition) is 4. The molecule has 0 fully saturated rings. The van der Waals surface area contributed by atoms with Crippen LogP contribution in [0.1, 0.15) is 22.4 Å². The molecule has 0 spiro atoms. The van der Waals surface area contributed by atoms with E-state index in [1.165, 1.54) is 11.3 Å². The van der Waals surface area contributed by atoms with Gasteiger partial charge in [0, 0.05) is 24.4 Å². The molecule has 1 N–H and O–H groups in total. The summed E-state index contributed by atoms with van der Waals surface area (Å²) < 4.78 is 27.8. The summed E-state index contributed by atoms with van der Waals surface area (Å²) in [6.07, 6.45) is 1.80. The van der Waals surface area contributed by atoms with Gasteiger partial charge in [-0.3, -0.25) is 4.79 Å². The lowest BCUT2D eigenvalue weighted by molar-refractivity contribution is -0.118. The topological polar surface area (TPSA) is 66.5 Å². The zero-order valence-electron chi connectivity index (χ0n) is 12.4. The first-order chi connectivity index (χ1) is 11.0. The van der Waals surface area contributed by atoms with Crippen molar-refractivity contribution in [2.45, 2.75) is 30.7 Å². The van der Waals surface area contributed by atoms with E-state index in [-0.39, 0.29) is 5.91 Å². The standard InChI is InChI=1S/C16H16N2O3S2/c19-15-4-3-11-8-14(9-12-5-6-18(15)16(11)12)23(20,21)17-10-13-2-1-7-22-13/h1-2,7-9,17H,3-6,10H2. The number of thiophene rings is 1. The molecule has 0 atom stereocenters. The minimum absolute atomic E-state index is 0.141. The quantitative estimate of drug-likeness (QED) is 0.920. The van der Waals surface area contributed by atoms with E-state index < -0.39 is 10.0 Å². The number of benzene rings is 1. The highest BCUT2D eigenvalue weighted by molar-refractivity contribution is 7.89.